The first-order valence-electron chi connectivity index (χ1n) is 7.40. The van der Waals surface area contributed by atoms with Gasteiger partial charge in [0.2, 0.25) is 5.91 Å². The van der Waals surface area contributed by atoms with E-state index >= 15 is 0 Å². The Labute approximate surface area is 147 Å². The number of benzene rings is 2. The minimum absolute atomic E-state index is 0.0366. The highest BCUT2D eigenvalue weighted by molar-refractivity contribution is 7.92. The predicted molar refractivity (Wildman–Crippen MR) is 95.8 cm³/mol. The van der Waals surface area contributed by atoms with Gasteiger partial charge in [-0.25, -0.2) is 8.42 Å². The van der Waals surface area contributed by atoms with Crippen LogP contribution in [-0.4, -0.2) is 28.5 Å². The van der Waals surface area contributed by atoms with E-state index in [2.05, 4.69) is 10.0 Å². The number of hydrogen-bond acceptors (Lipinski definition) is 5. The maximum Gasteiger partial charge on any atom is 0.262 e. The second-order valence-corrected chi connectivity index (χ2v) is 6.96. The van der Waals surface area contributed by atoms with Gasteiger partial charge in [0.05, 0.1) is 24.8 Å². The third kappa shape index (κ3) is 4.21. The molecule has 2 aromatic carbocycles. The molecule has 8 heteroatoms. The molecule has 2 N–H and O–H groups in total. The summed E-state index contributed by atoms with van der Waals surface area (Å²) in [5.41, 5.74) is 1.53. The van der Waals surface area contributed by atoms with Crippen LogP contribution in [0.3, 0.4) is 0 Å². The van der Waals surface area contributed by atoms with Gasteiger partial charge >= 0.3 is 0 Å². The van der Waals surface area contributed by atoms with E-state index < -0.39 is 10.0 Å². The van der Waals surface area contributed by atoms with Gasteiger partial charge in [-0.15, -0.1) is 0 Å². The van der Waals surface area contributed by atoms with E-state index in [4.69, 9.17) is 9.47 Å². The molecule has 0 aliphatic carbocycles. The van der Waals surface area contributed by atoms with Crippen molar-refractivity contribution in [3.8, 4) is 11.5 Å². The van der Waals surface area contributed by atoms with Crippen molar-refractivity contribution in [2.24, 2.45) is 0 Å². The monoisotopic (exact) mass is 364 g/mol. The zero-order chi connectivity index (χ0) is 18.6. The topological polar surface area (TPSA) is 93.7 Å². The molecule has 0 aliphatic rings. The van der Waals surface area contributed by atoms with Crippen LogP contribution < -0.4 is 19.5 Å². The number of sulfonamides is 1. The molecule has 2 aromatic rings. The van der Waals surface area contributed by atoms with Gasteiger partial charge in [0.1, 0.15) is 0 Å². The molecule has 0 atom stereocenters. The first-order valence-corrected chi connectivity index (χ1v) is 8.89. The van der Waals surface area contributed by atoms with Gasteiger partial charge < -0.3 is 14.8 Å². The van der Waals surface area contributed by atoms with Crippen molar-refractivity contribution in [3.05, 3.63) is 42.0 Å². The molecule has 0 saturated carbocycles. The molecule has 0 saturated heterocycles. The van der Waals surface area contributed by atoms with Crippen LogP contribution in [0.25, 0.3) is 0 Å². The van der Waals surface area contributed by atoms with E-state index in [1.807, 2.05) is 0 Å². The Kier molecular flexibility index (Phi) is 5.53. The quantitative estimate of drug-likeness (QED) is 0.822. The molecular weight excluding hydrogens is 344 g/mol. The van der Waals surface area contributed by atoms with Crippen molar-refractivity contribution < 1.29 is 22.7 Å². The Balaban J connectivity index is 2.38. The van der Waals surface area contributed by atoms with Crippen LogP contribution in [0.15, 0.2) is 41.3 Å². The molecule has 0 radical (unpaired) electrons. The largest absolute Gasteiger partial charge is 0.493 e. The van der Waals surface area contributed by atoms with E-state index in [0.717, 1.165) is 0 Å². The number of nitrogens with one attached hydrogen (secondary N) is 2. The zero-order valence-electron chi connectivity index (χ0n) is 14.4. The van der Waals surface area contributed by atoms with Crippen LogP contribution in [0.2, 0.25) is 0 Å². The van der Waals surface area contributed by atoms with Gasteiger partial charge in [-0.05, 0) is 36.8 Å². The Hall–Kier alpha value is -2.74. The summed E-state index contributed by atoms with van der Waals surface area (Å²) in [4.78, 5) is 11.3. The minimum atomic E-state index is -3.84. The SMILES string of the molecule is COc1ccc(S(=O)(=O)Nc2cccc(NC(C)=O)c2C)cc1OC. The van der Waals surface area contributed by atoms with Gasteiger partial charge in [-0.1, -0.05) is 6.07 Å². The van der Waals surface area contributed by atoms with Crippen LogP contribution in [0.1, 0.15) is 12.5 Å². The predicted octanol–water partition coefficient (Wildman–Crippen LogP) is 2.77. The van der Waals surface area contributed by atoms with E-state index in [0.29, 0.717) is 28.4 Å². The van der Waals surface area contributed by atoms with Gasteiger partial charge in [0, 0.05) is 18.7 Å². The van der Waals surface area contributed by atoms with Crippen molar-refractivity contribution in [2.75, 3.05) is 24.3 Å². The van der Waals surface area contributed by atoms with Crippen molar-refractivity contribution in [2.45, 2.75) is 18.7 Å². The summed E-state index contributed by atoms with van der Waals surface area (Å²) in [6.07, 6.45) is 0. The number of hydrogen-bond donors (Lipinski definition) is 2. The van der Waals surface area contributed by atoms with Crippen LogP contribution in [0.5, 0.6) is 11.5 Å². The van der Waals surface area contributed by atoms with E-state index in [1.54, 1.807) is 25.1 Å². The summed E-state index contributed by atoms with van der Waals surface area (Å²) in [6.45, 7) is 3.11. The van der Waals surface area contributed by atoms with Gasteiger partial charge in [-0.2, -0.15) is 0 Å². The number of carbonyl (C=O) groups is 1. The van der Waals surface area contributed by atoms with E-state index in [-0.39, 0.29) is 10.8 Å². The molecule has 0 spiro atoms. The summed E-state index contributed by atoms with van der Waals surface area (Å²) in [7, 11) is -0.930. The molecule has 0 aromatic heterocycles. The number of anilines is 2. The van der Waals surface area contributed by atoms with Gasteiger partial charge in [0.15, 0.2) is 11.5 Å². The first kappa shape index (κ1) is 18.6. The molecule has 25 heavy (non-hydrogen) atoms. The molecule has 0 heterocycles. The van der Waals surface area contributed by atoms with Crippen LogP contribution in [-0.2, 0) is 14.8 Å². The van der Waals surface area contributed by atoms with Crippen LogP contribution in [0.4, 0.5) is 11.4 Å². The fraction of sp³-hybridized carbons (Fsp3) is 0.235. The fourth-order valence-electron chi connectivity index (χ4n) is 2.26. The molecule has 2 rings (SSSR count). The normalized spacial score (nSPS) is 10.9. The summed E-state index contributed by atoms with van der Waals surface area (Å²) < 4.78 is 38.1. The van der Waals surface area contributed by atoms with Crippen LogP contribution in [0, 0.1) is 6.92 Å². The van der Waals surface area contributed by atoms with Crippen molar-refractivity contribution >= 4 is 27.3 Å². The molecule has 0 unspecified atom stereocenters. The molecular formula is C17H20N2O5S. The highest BCUT2D eigenvalue weighted by Crippen LogP contribution is 2.31. The lowest BCUT2D eigenvalue weighted by molar-refractivity contribution is -0.114. The fourth-order valence-corrected chi connectivity index (χ4v) is 3.40. The Morgan fingerprint density at radius 3 is 2.24 bits per heavy atom. The minimum Gasteiger partial charge on any atom is -0.493 e. The lowest BCUT2D eigenvalue weighted by Gasteiger charge is -2.15. The Morgan fingerprint density at radius 1 is 1.00 bits per heavy atom. The smallest absolute Gasteiger partial charge is 0.262 e. The summed E-state index contributed by atoms with van der Waals surface area (Å²) in [5.74, 6) is 0.516. The standard InChI is InChI=1S/C17H20N2O5S/c1-11-14(18-12(2)20)6-5-7-15(11)19-25(21,22)13-8-9-16(23-3)17(10-13)24-4/h5-10,19H,1-4H3,(H,18,20). The number of methoxy groups -OCH3 is 2. The second kappa shape index (κ2) is 7.43. The number of ether oxygens (including phenoxy) is 2. The lowest BCUT2D eigenvalue weighted by Crippen LogP contribution is -2.15. The van der Waals surface area contributed by atoms with Crippen LogP contribution >= 0.6 is 0 Å². The van der Waals surface area contributed by atoms with Gasteiger partial charge in [-0.3, -0.25) is 9.52 Å². The zero-order valence-corrected chi connectivity index (χ0v) is 15.2. The Morgan fingerprint density at radius 2 is 1.64 bits per heavy atom. The second-order valence-electron chi connectivity index (χ2n) is 5.28. The maximum atomic E-state index is 12.7. The lowest BCUT2D eigenvalue weighted by atomic mass is 10.1. The number of rotatable bonds is 6. The summed E-state index contributed by atoms with van der Waals surface area (Å²) >= 11 is 0. The number of amides is 1. The molecule has 0 aliphatic heterocycles. The summed E-state index contributed by atoms with van der Waals surface area (Å²) in [5, 5.41) is 2.66. The third-order valence-electron chi connectivity index (χ3n) is 3.55. The van der Waals surface area contributed by atoms with E-state index in [1.165, 1.54) is 39.3 Å². The van der Waals surface area contributed by atoms with Crippen molar-refractivity contribution in [3.63, 3.8) is 0 Å². The summed E-state index contributed by atoms with van der Waals surface area (Å²) in [6, 6.07) is 9.31. The molecule has 0 bridgehead atoms. The molecule has 1 amide bonds. The molecule has 134 valence electrons. The van der Waals surface area contributed by atoms with E-state index in [9.17, 15) is 13.2 Å². The van der Waals surface area contributed by atoms with Crippen molar-refractivity contribution in [1.82, 2.24) is 0 Å². The van der Waals surface area contributed by atoms with Crippen molar-refractivity contribution in [1.29, 1.82) is 0 Å². The molecule has 0 fully saturated rings. The highest BCUT2D eigenvalue weighted by Gasteiger charge is 2.18. The third-order valence-corrected chi connectivity index (χ3v) is 4.92. The maximum absolute atomic E-state index is 12.7. The Bertz CT molecular complexity index is 894. The highest BCUT2D eigenvalue weighted by atomic mass is 32.2. The average molecular weight is 364 g/mol. The number of carbonyl (C=O) groups excluding carboxylic acids is 1. The molecule has 7 nitrogen and oxygen atoms in total. The first-order chi connectivity index (χ1) is 11.8. The van der Waals surface area contributed by atoms with Gasteiger partial charge in [0.25, 0.3) is 10.0 Å². The average Bonchev–Trinajstić information content (AvgIpc) is 2.57.